The van der Waals surface area contributed by atoms with Crippen molar-refractivity contribution in [3.8, 4) is 11.1 Å². The molecule has 0 fully saturated rings. The zero-order valence-corrected chi connectivity index (χ0v) is 23.2. The first kappa shape index (κ1) is 26.2. The normalized spacial score (nSPS) is 13.0. The smallest absolute Gasteiger partial charge is 0.0465 e. The maximum Gasteiger partial charge on any atom is 0.0465 e. The van der Waals surface area contributed by atoms with Gasteiger partial charge in [0, 0.05) is 22.5 Å². The lowest BCUT2D eigenvalue weighted by Gasteiger charge is -2.30. The van der Waals surface area contributed by atoms with Gasteiger partial charge in [-0.15, -0.1) is 0 Å². The van der Waals surface area contributed by atoms with Gasteiger partial charge in [0.2, 0.25) is 0 Å². The van der Waals surface area contributed by atoms with Crippen molar-refractivity contribution in [2.24, 2.45) is 0 Å². The van der Waals surface area contributed by atoms with Gasteiger partial charge in [0.15, 0.2) is 0 Å². The van der Waals surface area contributed by atoms with Gasteiger partial charge in [0.1, 0.15) is 0 Å². The third-order valence-electron chi connectivity index (χ3n) is 7.29. The summed E-state index contributed by atoms with van der Waals surface area (Å²) in [6.07, 6.45) is 3.28. The first-order valence-electron chi connectivity index (χ1n) is 13.0. The Balaban J connectivity index is 0.000000747. The second-order valence-corrected chi connectivity index (χ2v) is 11.3. The number of rotatable bonds is 4. The van der Waals surface area contributed by atoms with Gasteiger partial charge in [0.05, 0.1) is 0 Å². The zero-order chi connectivity index (χ0) is 26.8. The predicted molar refractivity (Wildman–Crippen MR) is 163 cm³/mol. The average molecular weight is 486 g/mol. The van der Waals surface area contributed by atoms with E-state index < -0.39 is 0 Å². The second kappa shape index (κ2) is 10.3. The molecule has 0 N–H and O–H groups in total. The van der Waals surface area contributed by atoms with Crippen molar-refractivity contribution in [3.63, 3.8) is 0 Å². The summed E-state index contributed by atoms with van der Waals surface area (Å²) >= 11 is 0. The number of benzene rings is 4. The number of fused-ring (bicyclic) bond motifs is 3. The van der Waals surface area contributed by atoms with Crippen LogP contribution in [0.5, 0.6) is 0 Å². The van der Waals surface area contributed by atoms with Crippen LogP contribution in [0.1, 0.15) is 56.9 Å². The summed E-state index contributed by atoms with van der Waals surface area (Å²) in [6, 6.07) is 33.4. The van der Waals surface area contributed by atoms with Crippen molar-refractivity contribution in [2.75, 3.05) is 4.90 Å². The zero-order valence-electron chi connectivity index (χ0n) is 23.2. The van der Waals surface area contributed by atoms with E-state index in [0.29, 0.717) is 0 Å². The first-order valence-corrected chi connectivity index (χ1v) is 13.0. The highest BCUT2D eigenvalue weighted by Crippen LogP contribution is 2.50. The molecule has 0 aliphatic heterocycles. The molecule has 0 atom stereocenters. The number of para-hydroxylation sites is 1. The molecule has 0 unspecified atom stereocenters. The number of anilines is 3. The van der Waals surface area contributed by atoms with Crippen LogP contribution in [-0.4, -0.2) is 0 Å². The van der Waals surface area contributed by atoms with Crippen LogP contribution >= 0.6 is 0 Å². The van der Waals surface area contributed by atoms with Crippen LogP contribution in [0.3, 0.4) is 0 Å². The van der Waals surface area contributed by atoms with E-state index in [4.69, 9.17) is 0 Å². The Bertz CT molecular complexity index is 1410. The SMILES string of the molecule is C=CC=C.Cc1ccc(N(c2ccccc2)c2ccc3c(c2)C(C)(C)c2ccccc2-3)cc1C(C)(C)C. The van der Waals surface area contributed by atoms with Crippen LogP contribution in [-0.2, 0) is 10.8 Å². The van der Waals surface area contributed by atoms with Crippen molar-refractivity contribution in [2.45, 2.75) is 52.4 Å². The molecule has 4 aromatic rings. The van der Waals surface area contributed by atoms with Crippen LogP contribution in [0.15, 0.2) is 116 Å². The fraction of sp³-hybridized carbons (Fsp3) is 0.222. The Kier molecular flexibility index (Phi) is 7.28. The molecule has 1 aliphatic rings. The highest BCUT2D eigenvalue weighted by molar-refractivity contribution is 5.85. The molecule has 0 heterocycles. The average Bonchev–Trinajstić information content (AvgIpc) is 3.12. The van der Waals surface area contributed by atoms with Gasteiger partial charge in [-0.1, -0.05) is 115 Å². The minimum atomic E-state index is -0.0197. The monoisotopic (exact) mass is 485 g/mol. The van der Waals surface area contributed by atoms with Gasteiger partial charge in [-0.3, -0.25) is 0 Å². The molecule has 1 heteroatoms. The number of hydrogen-bond donors (Lipinski definition) is 0. The maximum absolute atomic E-state index is 3.36. The molecule has 1 aliphatic carbocycles. The van der Waals surface area contributed by atoms with E-state index >= 15 is 0 Å². The standard InChI is InChI=1S/C32H33N.C4H6/c1-22-16-17-24(20-29(22)31(2,3)4)33(23-12-8-7-9-13-23)25-18-19-27-26-14-10-11-15-28(26)32(5,6)30(27)21-25;1-3-4-2/h7-21H,1-6H3;3-4H,1-2H2. The minimum Gasteiger partial charge on any atom is -0.310 e. The lowest BCUT2D eigenvalue weighted by molar-refractivity contribution is 0.586. The molecule has 0 saturated carbocycles. The van der Waals surface area contributed by atoms with Crippen LogP contribution in [0.25, 0.3) is 11.1 Å². The highest BCUT2D eigenvalue weighted by Gasteiger charge is 2.35. The Hall–Kier alpha value is -3.84. The summed E-state index contributed by atoms with van der Waals surface area (Å²) in [5.74, 6) is 0. The molecule has 188 valence electrons. The molecule has 0 amide bonds. The number of hydrogen-bond acceptors (Lipinski definition) is 1. The Morgan fingerprint density at radius 3 is 1.86 bits per heavy atom. The predicted octanol–water partition coefficient (Wildman–Crippen LogP) is 10.4. The number of nitrogens with zero attached hydrogens (tertiary/aromatic N) is 1. The molecule has 4 aromatic carbocycles. The Labute approximate surface area is 223 Å². The first-order chi connectivity index (χ1) is 17.6. The van der Waals surface area contributed by atoms with Crippen LogP contribution < -0.4 is 4.90 Å². The van der Waals surface area contributed by atoms with E-state index in [1.807, 2.05) is 0 Å². The summed E-state index contributed by atoms with van der Waals surface area (Å²) in [6.45, 7) is 20.5. The van der Waals surface area contributed by atoms with E-state index in [0.717, 1.165) is 0 Å². The molecule has 0 bridgehead atoms. The van der Waals surface area contributed by atoms with Gasteiger partial charge >= 0.3 is 0 Å². The van der Waals surface area contributed by atoms with Gasteiger partial charge in [-0.05, 0) is 82.1 Å². The lowest BCUT2D eigenvalue weighted by atomic mass is 9.82. The van der Waals surface area contributed by atoms with E-state index in [-0.39, 0.29) is 10.8 Å². The molecular formula is C36H39N. The quantitative estimate of drug-likeness (QED) is 0.260. The van der Waals surface area contributed by atoms with E-state index in [1.165, 1.54) is 50.4 Å². The van der Waals surface area contributed by atoms with Gasteiger partial charge in [-0.2, -0.15) is 0 Å². The molecule has 0 aromatic heterocycles. The highest BCUT2D eigenvalue weighted by atomic mass is 15.1. The Morgan fingerprint density at radius 1 is 0.649 bits per heavy atom. The summed E-state index contributed by atoms with van der Waals surface area (Å²) < 4.78 is 0. The van der Waals surface area contributed by atoms with Crippen molar-refractivity contribution in [3.05, 3.63) is 139 Å². The lowest BCUT2D eigenvalue weighted by Crippen LogP contribution is -2.17. The van der Waals surface area contributed by atoms with Crippen molar-refractivity contribution in [1.82, 2.24) is 0 Å². The number of aryl methyl sites for hydroxylation is 1. The molecule has 5 rings (SSSR count). The van der Waals surface area contributed by atoms with Crippen molar-refractivity contribution in [1.29, 1.82) is 0 Å². The van der Waals surface area contributed by atoms with E-state index in [2.05, 4.69) is 151 Å². The molecule has 0 radical (unpaired) electrons. The second-order valence-electron chi connectivity index (χ2n) is 11.3. The fourth-order valence-corrected chi connectivity index (χ4v) is 5.41. The summed E-state index contributed by atoms with van der Waals surface area (Å²) in [4.78, 5) is 2.40. The van der Waals surface area contributed by atoms with Gasteiger partial charge < -0.3 is 4.90 Å². The van der Waals surface area contributed by atoms with Crippen LogP contribution in [0, 0.1) is 6.92 Å². The van der Waals surface area contributed by atoms with Gasteiger partial charge in [-0.25, -0.2) is 0 Å². The number of allylic oxidation sites excluding steroid dienone is 2. The largest absolute Gasteiger partial charge is 0.310 e. The summed E-state index contributed by atoms with van der Waals surface area (Å²) in [5, 5.41) is 0. The van der Waals surface area contributed by atoms with E-state index in [9.17, 15) is 0 Å². The molecule has 37 heavy (non-hydrogen) atoms. The van der Waals surface area contributed by atoms with E-state index in [1.54, 1.807) is 12.2 Å². The fourth-order valence-electron chi connectivity index (χ4n) is 5.41. The third kappa shape index (κ3) is 5.04. The van der Waals surface area contributed by atoms with Crippen molar-refractivity contribution >= 4 is 17.1 Å². The van der Waals surface area contributed by atoms with Crippen molar-refractivity contribution < 1.29 is 0 Å². The molecule has 0 saturated heterocycles. The van der Waals surface area contributed by atoms with Gasteiger partial charge in [0.25, 0.3) is 0 Å². The summed E-state index contributed by atoms with van der Waals surface area (Å²) in [7, 11) is 0. The third-order valence-corrected chi connectivity index (χ3v) is 7.29. The molecular weight excluding hydrogens is 446 g/mol. The summed E-state index contributed by atoms with van der Waals surface area (Å²) in [5.41, 5.74) is 11.9. The molecule has 1 nitrogen and oxygen atoms in total. The molecule has 0 spiro atoms. The van der Waals surface area contributed by atoms with Crippen LogP contribution in [0.2, 0.25) is 0 Å². The maximum atomic E-state index is 3.36. The Morgan fingerprint density at radius 2 is 1.22 bits per heavy atom. The minimum absolute atomic E-state index is 0.0197. The topological polar surface area (TPSA) is 3.24 Å². The van der Waals surface area contributed by atoms with Crippen LogP contribution in [0.4, 0.5) is 17.1 Å².